The third-order valence-corrected chi connectivity index (χ3v) is 6.52. The summed E-state index contributed by atoms with van der Waals surface area (Å²) in [5, 5.41) is 14.3. The molecule has 3 saturated carbocycles. The average Bonchev–Trinajstić information content (AvgIpc) is 2.60. The van der Waals surface area contributed by atoms with Crippen molar-refractivity contribution in [3.63, 3.8) is 0 Å². The summed E-state index contributed by atoms with van der Waals surface area (Å²) < 4.78 is 0. The number of phenols is 1. The number of aromatic hydroxyl groups is 1. The fraction of sp³-hybridized carbons (Fsp3) is 0.500. The van der Waals surface area contributed by atoms with Crippen LogP contribution in [0.2, 0.25) is 0 Å². The van der Waals surface area contributed by atoms with Gasteiger partial charge in [-0.25, -0.2) is 0 Å². The van der Waals surface area contributed by atoms with Crippen molar-refractivity contribution in [1.82, 2.24) is 10.3 Å². The second-order valence-electron chi connectivity index (χ2n) is 7.94. The number of fused-ring (bicyclic) bond motifs is 3. The number of amides is 1. The largest absolute Gasteiger partial charge is 0.505 e. The summed E-state index contributed by atoms with van der Waals surface area (Å²) >= 11 is 0. The van der Waals surface area contributed by atoms with Crippen LogP contribution in [0.1, 0.15) is 43.5 Å². The molecule has 5 rings (SSSR count). The molecule has 126 valence electrons. The molecule has 2 bridgehead atoms. The number of benzene rings is 1. The van der Waals surface area contributed by atoms with Gasteiger partial charge in [-0.1, -0.05) is 26.0 Å². The molecule has 4 heteroatoms. The molecule has 3 atom stereocenters. The highest BCUT2D eigenvalue weighted by molar-refractivity contribution is 6.02. The van der Waals surface area contributed by atoms with Crippen molar-refractivity contribution in [2.24, 2.45) is 23.2 Å². The summed E-state index contributed by atoms with van der Waals surface area (Å²) in [6.45, 7) is 5.42. The van der Waals surface area contributed by atoms with Gasteiger partial charge in [0.05, 0.1) is 5.56 Å². The van der Waals surface area contributed by atoms with E-state index in [0.717, 1.165) is 11.3 Å². The van der Waals surface area contributed by atoms with Crippen molar-refractivity contribution in [2.75, 3.05) is 6.54 Å². The fourth-order valence-corrected chi connectivity index (χ4v) is 4.84. The van der Waals surface area contributed by atoms with E-state index in [1.54, 1.807) is 12.3 Å². The van der Waals surface area contributed by atoms with Crippen molar-refractivity contribution in [3.8, 4) is 5.75 Å². The topological polar surface area (TPSA) is 62.2 Å². The Morgan fingerprint density at radius 2 is 2.17 bits per heavy atom. The Bertz CT molecular complexity index is 797. The van der Waals surface area contributed by atoms with Crippen molar-refractivity contribution in [2.45, 2.75) is 33.1 Å². The lowest BCUT2D eigenvalue weighted by Gasteiger charge is -2.60. The van der Waals surface area contributed by atoms with Gasteiger partial charge in [0.15, 0.2) is 5.75 Å². The molecule has 3 fully saturated rings. The van der Waals surface area contributed by atoms with Gasteiger partial charge in [-0.3, -0.25) is 9.78 Å². The highest BCUT2D eigenvalue weighted by atomic mass is 16.3. The van der Waals surface area contributed by atoms with Crippen LogP contribution in [0, 0.1) is 23.2 Å². The summed E-state index contributed by atoms with van der Waals surface area (Å²) in [5.74, 6) is 1.89. The van der Waals surface area contributed by atoms with E-state index in [1.165, 1.54) is 19.3 Å². The molecule has 4 nitrogen and oxygen atoms in total. The maximum Gasteiger partial charge on any atom is 0.255 e. The summed E-state index contributed by atoms with van der Waals surface area (Å²) in [6.07, 6.45) is 5.40. The van der Waals surface area contributed by atoms with Gasteiger partial charge in [0.1, 0.15) is 5.52 Å². The number of carbonyl (C=O) groups excluding carboxylic acids is 1. The van der Waals surface area contributed by atoms with Crippen molar-refractivity contribution in [1.29, 1.82) is 0 Å². The van der Waals surface area contributed by atoms with Crippen LogP contribution in [0.15, 0.2) is 30.5 Å². The van der Waals surface area contributed by atoms with Crippen LogP contribution < -0.4 is 5.32 Å². The maximum absolute atomic E-state index is 12.5. The predicted molar refractivity (Wildman–Crippen MR) is 93.8 cm³/mol. The number of rotatable bonds is 3. The van der Waals surface area contributed by atoms with Crippen LogP contribution in [0.25, 0.3) is 10.9 Å². The van der Waals surface area contributed by atoms with Gasteiger partial charge in [-0.15, -0.1) is 0 Å². The molecule has 3 aliphatic carbocycles. The van der Waals surface area contributed by atoms with E-state index in [-0.39, 0.29) is 11.7 Å². The van der Waals surface area contributed by atoms with Crippen LogP contribution in [-0.4, -0.2) is 22.5 Å². The molecule has 1 unspecified atom stereocenters. The number of nitrogens with zero attached hydrogens (tertiary/aromatic N) is 1. The van der Waals surface area contributed by atoms with Crippen molar-refractivity contribution >= 4 is 16.8 Å². The Morgan fingerprint density at radius 3 is 2.92 bits per heavy atom. The van der Waals surface area contributed by atoms with E-state index in [2.05, 4.69) is 24.1 Å². The van der Waals surface area contributed by atoms with Crippen molar-refractivity contribution < 1.29 is 9.90 Å². The van der Waals surface area contributed by atoms with Gasteiger partial charge in [0.2, 0.25) is 0 Å². The third kappa shape index (κ3) is 2.27. The summed E-state index contributed by atoms with van der Waals surface area (Å²) in [5.41, 5.74) is 1.20. The van der Waals surface area contributed by atoms with E-state index in [4.69, 9.17) is 0 Å². The normalized spacial score (nSPS) is 27.5. The van der Waals surface area contributed by atoms with E-state index in [0.29, 0.717) is 34.9 Å². The minimum Gasteiger partial charge on any atom is -0.505 e. The smallest absolute Gasteiger partial charge is 0.255 e. The first kappa shape index (κ1) is 15.4. The molecule has 2 aromatic rings. The molecule has 1 aromatic carbocycles. The molecule has 24 heavy (non-hydrogen) atoms. The van der Waals surface area contributed by atoms with Gasteiger partial charge >= 0.3 is 0 Å². The Labute approximate surface area is 142 Å². The molecule has 1 aromatic heterocycles. The molecule has 1 heterocycles. The molecule has 1 amide bonds. The lowest BCUT2D eigenvalue weighted by atomic mass is 9.45. The van der Waals surface area contributed by atoms with E-state index in [1.807, 2.05) is 18.2 Å². The van der Waals surface area contributed by atoms with Crippen LogP contribution in [0.4, 0.5) is 0 Å². The predicted octanol–water partition coefficient (Wildman–Crippen LogP) is 3.74. The Kier molecular flexibility index (Phi) is 3.52. The molecular formula is C20H24N2O2. The fourth-order valence-electron chi connectivity index (χ4n) is 4.84. The van der Waals surface area contributed by atoms with Crippen LogP contribution in [0.5, 0.6) is 5.75 Å². The number of pyridine rings is 1. The zero-order valence-corrected chi connectivity index (χ0v) is 14.2. The lowest BCUT2D eigenvalue weighted by molar-refractivity contribution is -0.103. The minimum atomic E-state index is -0.209. The SMILES string of the molecule is CC1(C)[C@H]2CCC(CNC(=O)c3ccc4cccnc4c3O)[C@@H]1C2. The first-order chi connectivity index (χ1) is 11.5. The van der Waals surface area contributed by atoms with E-state index >= 15 is 0 Å². The highest BCUT2D eigenvalue weighted by Crippen LogP contribution is 2.61. The van der Waals surface area contributed by atoms with Crippen molar-refractivity contribution in [3.05, 3.63) is 36.0 Å². The number of hydrogen-bond acceptors (Lipinski definition) is 3. The van der Waals surface area contributed by atoms with Gasteiger partial charge < -0.3 is 10.4 Å². The minimum absolute atomic E-state index is 0.0294. The Hall–Kier alpha value is -2.10. The van der Waals surface area contributed by atoms with Gasteiger partial charge in [0.25, 0.3) is 5.91 Å². The standard InChI is InChI=1S/C20H24N2O2/c1-20(2)14-7-5-13(16(20)10-14)11-22-19(24)15-8-6-12-4-3-9-21-17(12)18(15)23/h3-4,6,8-9,13-14,16,23H,5,7,10-11H2,1-2H3,(H,22,24)/t13?,14-,16-/m0/s1. The molecular weight excluding hydrogens is 300 g/mol. The van der Waals surface area contributed by atoms with Gasteiger partial charge in [0, 0.05) is 18.1 Å². The van der Waals surface area contributed by atoms with Crippen LogP contribution >= 0.6 is 0 Å². The summed E-state index contributed by atoms with van der Waals surface area (Å²) in [7, 11) is 0. The quantitative estimate of drug-likeness (QED) is 0.904. The molecule has 0 radical (unpaired) electrons. The number of carbonyl (C=O) groups is 1. The number of aromatic nitrogens is 1. The first-order valence-corrected chi connectivity index (χ1v) is 8.83. The monoisotopic (exact) mass is 324 g/mol. The summed E-state index contributed by atoms with van der Waals surface area (Å²) in [6, 6.07) is 7.20. The maximum atomic E-state index is 12.5. The Morgan fingerprint density at radius 1 is 1.33 bits per heavy atom. The Balaban J connectivity index is 1.48. The van der Waals surface area contributed by atoms with Crippen LogP contribution in [0.3, 0.4) is 0 Å². The third-order valence-electron chi connectivity index (χ3n) is 6.52. The van der Waals surface area contributed by atoms with E-state index in [9.17, 15) is 9.90 Å². The zero-order chi connectivity index (χ0) is 16.9. The van der Waals surface area contributed by atoms with Gasteiger partial charge in [-0.05, 0) is 54.6 Å². The molecule has 0 saturated heterocycles. The number of nitrogens with one attached hydrogen (secondary N) is 1. The van der Waals surface area contributed by atoms with Crippen LogP contribution in [-0.2, 0) is 0 Å². The molecule has 0 spiro atoms. The molecule has 2 N–H and O–H groups in total. The average molecular weight is 324 g/mol. The van der Waals surface area contributed by atoms with E-state index < -0.39 is 0 Å². The molecule has 0 aliphatic heterocycles. The second-order valence-corrected chi connectivity index (χ2v) is 7.94. The van der Waals surface area contributed by atoms with Gasteiger partial charge in [-0.2, -0.15) is 0 Å². The highest BCUT2D eigenvalue weighted by Gasteiger charge is 2.53. The zero-order valence-electron chi connectivity index (χ0n) is 14.2. The molecule has 3 aliphatic rings. The lowest BCUT2D eigenvalue weighted by Crippen LogP contribution is -2.54. The second kappa shape index (κ2) is 5.47. The number of phenolic OH excluding ortho intramolecular Hbond substituents is 1. The first-order valence-electron chi connectivity index (χ1n) is 8.83. The number of hydrogen-bond donors (Lipinski definition) is 2. The summed E-state index contributed by atoms with van der Waals surface area (Å²) in [4.78, 5) is 16.7.